The number of aryl methyl sites for hydroxylation is 1. The number of methoxy groups -OCH3 is 1. The summed E-state index contributed by atoms with van der Waals surface area (Å²) in [5.41, 5.74) is 1.98. The number of nitriles is 1. The van der Waals surface area contributed by atoms with Gasteiger partial charge in [-0.05, 0) is 31.5 Å². The molecule has 0 heterocycles. The fraction of sp³-hybridized carbons (Fsp3) is 0.417. The van der Waals surface area contributed by atoms with Crippen LogP contribution < -0.4 is 9.64 Å². The molecule has 1 aromatic carbocycles. The Kier molecular flexibility index (Phi) is 4.03. The summed E-state index contributed by atoms with van der Waals surface area (Å²) in [6.07, 6.45) is 0. The van der Waals surface area contributed by atoms with Crippen molar-refractivity contribution in [1.29, 1.82) is 5.26 Å². The van der Waals surface area contributed by atoms with Crippen LogP contribution in [0.1, 0.15) is 12.5 Å². The highest BCUT2D eigenvalue weighted by Gasteiger charge is 2.13. The number of nitrogens with zero attached hydrogens (tertiary/aromatic N) is 2. The number of anilines is 1. The van der Waals surface area contributed by atoms with E-state index in [2.05, 4.69) is 6.07 Å². The van der Waals surface area contributed by atoms with Gasteiger partial charge in [0.1, 0.15) is 11.8 Å². The molecule has 0 saturated heterocycles. The van der Waals surface area contributed by atoms with Crippen molar-refractivity contribution in [3.05, 3.63) is 22.7 Å². The maximum Gasteiger partial charge on any atom is 0.137 e. The zero-order chi connectivity index (χ0) is 12.3. The Morgan fingerprint density at radius 2 is 2.12 bits per heavy atom. The fourth-order valence-electron chi connectivity index (χ4n) is 1.48. The third-order valence-corrected chi connectivity index (χ3v) is 2.91. The van der Waals surface area contributed by atoms with Crippen molar-refractivity contribution in [1.82, 2.24) is 0 Å². The van der Waals surface area contributed by atoms with E-state index in [0.717, 1.165) is 11.3 Å². The molecule has 0 aliphatic carbocycles. The highest BCUT2D eigenvalue weighted by atomic mass is 35.5. The minimum absolute atomic E-state index is 0.192. The number of hydrogen-bond donors (Lipinski definition) is 0. The van der Waals surface area contributed by atoms with E-state index >= 15 is 0 Å². The first-order valence-corrected chi connectivity index (χ1v) is 5.35. The molecule has 86 valence electrons. The zero-order valence-corrected chi connectivity index (χ0v) is 10.7. The summed E-state index contributed by atoms with van der Waals surface area (Å²) in [6.45, 7) is 3.81. The molecule has 0 aliphatic rings. The van der Waals surface area contributed by atoms with Crippen molar-refractivity contribution in [3.63, 3.8) is 0 Å². The molecule has 1 unspecified atom stereocenters. The van der Waals surface area contributed by atoms with Crippen LogP contribution in [0.3, 0.4) is 0 Å². The summed E-state index contributed by atoms with van der Waals surface area (Å²) >= 11 is 6.06. The van der Waals surface area contributed by atoms with Crippen LogP contribution in [0, 0.1) is 18.3 Å². The van der Waals surface area contributed by atoms with Crippen molar-refractivity contribution in [2.75, 3.05) is 19.1 Å². The minimum atomic E-state index is -0.192. The summed E-state index contributed by atoms with van der Waals surface area (Å²) in [7, 11) is 3.46. The number of hydrogen-bond acceptors (Lipinski definition) is 3. The zero-order valence-electron chi connectivity index (χ0n) is 9.91. The molecule has 0 saturated carbocycles. The van der Waals surface area contributed by atoms with Gasteiger partial charge in [-0.25, -0.2) is 0 Å². The smallest absolute Gasteiger partial charge is 0.137 e. The third kappa shape index (κ3) is 2.40. The van der Waals surface area contributed by atoms with Crippen LogP contribution in [0.25, 0.3) is 0 Å². The van der Waals surface area contributed by atoms with Gasteiger partial charge in [0.05, 0.1) is 18.2 Å². The standard InChI is InChI=1S/C12H15ClN2O/c1-8-5-12(16-4)10(13)6-11(8)15(3)9(2)7-14/h5-6,9H,1-4H3. The SMILES string of the molecule is COc1cc(C)c(N(C)C(C)C#N)cc1Cl. The van der Waals surface area contributed by atoms with Gasteiger partial charge in [0.2, 0.25) is 0 Å². The van der Waals surface area contributed by atoms with E-state index in [4.69, 9.17) is 21.6 Å². The maximum absolute atomic E-state index is 8.88. The van der Waals surface area contributed by atoms with Gasteiger partial charge in [-0.3, -0.25) is 0 Å². The topological polar surface area (TPSA) is 36.3 Å². The van der Waals surface area contributed by atoms with Crippen LogP contribution in [0.4, 0.5) is 5.69 Å². The Hall–Kier alpha value is -1.40. The molecule has 0 fully saturated rings. The van der Waals surface area contributed by atoms with E-state index in [-0.39, 0.29) is 6.04 Å². The minimum Gasteiger partial charge on any atom is -0.495 e. The molecule has 4 heteroatoms. The highest BCUT2D eigenvalue weighted by Crippen LogP contribution is 2.32. The van der Waals surface area contributed by atoms with Gasteiger partial charge >= 0.3 is 0 Å². The molecule has 16 heavy (non-hydrogen) atoms. The molecular formula is C12H15ClN2O. The molecule has 0 N–H and O–H groups in total. The molecule has 1 rings (SSSR count). The lowest BCUT2D eigenvalue weighted by atomic mass is 10.1. The lowest BCUT2D eigenvalue weighted by molar-refractivity contribution is 0.414. The summed E-state index contributed by atoms with van der Waals surface area (Å²) < 4.78 is 5.13. The van der Waals surface area contributed by atoms with Crippen LogP contribution >= 0.6 is 11.6 Å². The summed E-state index contributed by atoms with van der Waals surface area (Å²) in [4.78, 5) is 1.89. The van der Waals surface area contributed by atoms with Crippen molar-refractivity contribution in [3.8, 4) is 11.8 Å². The van der Waals surface area contributed by atoms with Gasteiger partial charge in [-0.2, -0.15) is 5.26 Å². The maximum atomic E-state index is 8.88. The third-order valence-electron chi connectivity index (χ3n) is 2.62. The molecular weight excluding hydrogens is 224 g/mol. The fourth-order valence-corrected chi connectivity index (χ4v) is 1.71. The Balaban J connectivity index is 3.16. The number of rotatable bonds is 3. The van der Waals surface area contributed by atoms with Crippen molar-refractivity contribution in [2.24, 2.45) is 0 Å². The number of benzene rings is 1. The predicted octanol–water partition coefficient (Wildman–Crippen LogP) is 3.01. The average Bonchev–Trinajstić information content (AvgIpc) is 2.29. The van der Waals surface area contributed by atoms with Gasteiger partial charge in [0.25, 0.3) is 0 Å². The first-order chi connectivity index (χ1) is 7.51. The van der Waals surface area contributed by atoms with E-state index in [1.165, 1.54) is 0 Å². The van der Waals surface area contributed by atoms with E-state index in [9.17, 15) is 0 Å². The number of ether oxygens (including phenoxy) is 1. The van der Waals surface area contributed by atoms with Crippen molar-refractivity contribution < 1.29 is 4.74 Å². The van der Waals surface area contributed by atoms with Crippen LogP contribution in [-0.4, -0.2) is 20.2 Å². The molecule has 0 amide bonds. The number of halogens is 1. The van der Waals surface area contributed by atoms with Crippen LogP contribution in [0.5, 0.6) is 5.75 Å². The second-order valence-electron chi connectivity index (χ2n) is 3.69. The van der Waals surface area contributed by atoms with Gasteiger partial charge in [0.15, 0.2) is 0 Å². The Labute approximate surface area is 101 Å². The monoisotopic (exact) mass is 238 g/mol. The lowest BCUT2D eigenvalue weighted by Crippen LogP contribution is -2.27. The van der Waals surface area contributed by atoms with Gasteiger partial charge in [0, 0.05) is 12.7 Å². The van der Waals surface area contributed by atoms with E-state index in [1.54, 1.807) is 7.11 Å². The molecule has 1 aromatic rings. The quantitative estimate of drug-likeness (QED) is 0.812. The van der Waals surface area contributed by atoms with E-state index in [1.807, 2.05) is 37.9 Å². The second-order valence-corrected chi connectivity index (χ2v) is 4.10. The van der Waals surface area contributed by atoms with Gasteiger partial charge in [-0.1, -0.05) is 11.6 Å². The lowest BCUT2D eigenvalue weighted by Gasteiger charge is -2.24. The molecule has 0 aromatic heterocycles. The van der Waals surface area contributed by atoms with Crippen LogP contribution in [0.2, 0.25) is 5.02 Å². The van der Waals surface area contributed by atoms with Crippen molar-refractivity contribution >= 4 is 17.3 Å². The largest absolute Gasteiger partial charge is 0.495 e. The molecule has 0 radical (unpaired) electrons. The molecule has 1 atom stereocenters. The normalized spacial score (nSPS) is 11.8. The molecule has 0 bridgehead atoms. The van der Waals surface area contributed by atoms with E-state index in [0.29, 0.717) is 10.8 Å². The summed E-state index contributed by atoms with van der Waals surface area (Å²) in [5, 5.41) is 9.43. The van der Waals surface area contributed by atoms with E-state index < -0.39 is 0 Å². The summed E-state index contributed by atoms with van der Waals surface area (Å²) in [5.74, 6) is 0.654. The van der Waals surface area contributed by atoms with Crippen LogP contribution in [-0.2, 0) is 0 Å². The van der Waals surface area contributed by atoms with Gasteiger partial charge < -0.3 is 9.64 Å². The van der Waals surface area contributed by atoms with Gasteiger partial charge in [-0.15, -0.1) is 0 Å². The molecule has 3 nitrogen and oxygen atoms in total. The first-order valence-electron chi connectivity index (χ1n) is 4.97. The Morgan fingerprint density at radius 1 is 1.50 bits per heavy atom. The molecule has 0 aliphatic heterocycles. The van der Waals surface area contributed by atoms with Crippen molar-refractivity contribution in [2.45, 2.75) is 19.9 Å². The second kappa shape index (κ2) is 5.09. The summed E-state index contributed by atoms with van der Waals surface area (Å²) in [6, 6.07) is 5.69. The first kappa shape index (κ1) is 12.7. The average molecular weight is 239 g/mol. The highest BCUT2D eigenvalue weighted by molar-refractivity contribution is 6.32. The van der Waals surface area contributed by atoms with Crippen LogP contribution in [0.15, 0.2) is 12.1 Å². The predicted molar refractivity (Wildman–Crippen MR) is 66.2 cm³/mol. The molecule has 0 spiro atoms. The Morgan fingerprint density at radius 3 is 2.62 bits per heavy atom. The Bertz CT molecular complexity index is 426.